The molecule has 0 heterocycles. The maximum Gasteiger partial charge on any atom is 0.337 e. The summed E-state index contributed by atoms with van der Waals surface area (Å²) in [4.78, 5) is 10.6. The van der Waals surface area contributed by atoms with Gasteiger partial charge in [-0.15, -0.1) is 0 Å². The van der Waals surface area contributed by atoms with E-state index in [1.807, 2.05) is 0 Å². The van der Waals surface area contributed by atoms with Crippen molar-refractivity contribution in [3.8, 4) is 6.07 Å². The van der Waals surface area contributed by atoms with Gasteiger partial charge in [0.15, 0.2) is 0 Å². The highest BCUT2D eigenvalue weighted by atomic mass is 79.9. The fourth-order valence-corrected chi connectivity index (χ4v) is 1.44. The predicted octanol–water partition coefficient (Wildman–Crippen LogP) is 2.29. The van der Waals surface area contributed by atoms with E-state index in [-0.39, 0.29) is 16.5 Å². The Bertz CT molecular complexity index is 426. The molecule has 0 aliphatic heterocycles. The van der Waals surface area contributed by atoms with E-state index in [0.717, 1.165) is 0 Å². The van der Waals surface area contributed by atoms with E-state index in [1.54, 1.807) is 6.07 Å². The lowest BCUT2D eigenvalue weighted by Crippen LogP contribution is -2.04. The molecule has 1 aromatic carbocycles. The molecule has 1 N–H and O–H groups in total. The van der Waals surface area contributed by atoms with Crippen LogP contribution in [0.2, 0.25) is 0 Å². The number of hydrogen-bond acceptors (Lipinski definition) is 2. The van der Waals surface area contributed by atoms with Gasteiger partial charge in [0.1, 0.15) is 17.4 Å². The molecule has 0 unspecified atom stereocenters. The van der Waals surface area contributed by atoms with Gasteiger partial charge in [-0.1, -0.05) is 22.0 Å². The van der Waals surface area contributed by atoms with Crippen molar-refractivity contribution in [1.29, 1.82) is 5.26 Å². The molecule has 0 atom stereocenters. The molecule has 0 radical (unpaired) electrons. The summed E-state index contributed by atoms with van der Waals surface area (Å²) in [6.45, 7) is 0. The first-order chi connectivity index (χ1) is 6.61. The van der Waals surface area contributed by atoms with Crippen molar-refractivity contribution in [1.82, 2.24) is 0 Å². The highest BCUT2D eigenvalue weighted by Crippen LogP contribution is 2.19. The average molecular weight is 258 g/mol. The van der Waals surface area contributed by atoms with E-state index in [9.17, 15) is 9.18 Å². The second-order valence-corrected chi connectivity index (χ2v) is 3.07. The van der Waals surface area contributed by atoms with Crippen molar-refractivity contribution in [3.63, 3.8) is 0 Å². The molecule has 3 nitrogen and oxygen atoms in total. The monoisotopic (exact) mass is 257 g/mol. The molecule has 14 heavy (non-hydrogen) atoms. The Balaban J connectivity index is 3.45. The molecule has 1 rings (SSSR count). The predicted molar refractivity (Wildman–Crippen MR) is 50.7 cm³/mol. The van der Waals surface area contributed by atoms with Crippen LogP contribution in [-0.2, 0) is 5.33 Å². The quantitative estimate of drug-likeness (QED) is 0.828. The SMILES string of the molecule is N#Cc1c(C(=O)O)ccc(CBr)c1F. The van der Waals surface area contributed by atoms with E-state index in [4.69, 9.17) is 10.4 Å². The van der Waals surface area contributed by atoms with Crippen LogP contribution in [-0.4, -0.2) is 11.1 Å². The lowest BCUT2D eigenvalue weighted by atomic mass is 10.0. The summed E-state index contributed by atoms with van der Waals surface area (Å²) >= 11 is 3.04. The van der Waals surface area contributed by atoms with Gasteiger partial charge in [0.05, 0.1) is 5.56 Å². The van der Waals surface area contributed by atoms with Crippen molar-refractivity contribution < 1.29 is 14.3 Å². The molecule has 0 fully saturated rings. The van der Waals surface area contributed by atoms with E-state index in [2.05, 4.69) is 15.9 Å². The van der Waals surface area contributed by atoms with E-state index < -0.39 is 17.3 Å². The first-order valence-corrected chi connectivity index (χ1v) is 4.74. The summed E-state index contributed by atoms with van der Waals surface area (Å²) in [6, 6.07) is 4.11. The van der Waals surface area contributed by atoms with Crippen molar-refractivity contribution in [3.05, 3.63) is 34.6 Å². The lowest BCUT2D eigenvalue weighted by molar-refractivity contribution is 0.0696. The van der Waals surface area contributed by atoms with E-state index in [1.165, 1.54) is 12.1 Å². The third-order valence-electron chi connectivity index (χ3n) is 1.71. The minimum atomic E-state index is -1.30. The zero-order valence-electron chi connectivity index (χ0n) is 6.92. The Morgan fingerprint density at radius 3 is 2.71 bits per heavy atom. The fourth-order valence-electron chi connectivity index (χ4n) is 1.01. The number of benzene rings is 1. The minimum absolute atomic E-state index is 0.243. The zero-order chi connectivity index (χ0) is 10.7. The topological polar surface area (TPSA) is 61.1 Å². The van der Waals surface area contributed by atoms with Crippen LogP contribution in [0, 0.1) is 17.1 Å². The van der Waals surface area contributed by atoms with Gasteiger partial charge in [-0.05, 0) is 11.6 Å². The molecule has 1 aromatic rings. The summed E-state index contributed by atoms with van der Waals surface area (Å²) in [5.74, 6) is -2.08. The first kappa shape index (κ1) is 10.7. The Kier molecular flexibility index (Phi) is 3.20. The Morgan fingerprint density at radius 1 is 1.64 bits per heavy atom. The van der Waals surface area contributed by atoms with Gasteiger partial charge in [0, 0.05) is 5.33 Å². The number of nitrogens with zero attached hydrogens (tertiary/aromatic N) is 1. The smallest absolute Gasteiger partial charge is 0.337 e. The second kappa shape index (κ2) is 4.20. The normalized spacial score (nSPS) is 9.50. The van der Waals surface area contributed by atoms with Crippen LogP contribution in [0.4, 0.5) is 4.39 Å². The largest absolute Gasteiger partial charge is 0.478 e. The van der Waals surface area contributed by atoms with Crippen LogP contribution in [0.5, 0.6) is 0 Å². The molecule has 0 amide bonds. The first-order valence-electron chi connectivity index (χ1n) is 3.62. The lowest BCUT2D eigenvalue weighted by Gasteiger charge is -2.03. The molecule has 5 heteroatoms. The molecule has 0 aliphatic carbocycles. The van der Waals surface area contributed by atoms with Crippen molar-refractivity contribution in [2.24, 2.45) is 0 Å². The van der Waals surface area contributed by atoms with Gasteiger partial charge in [-0.25, -0.2) is 9.18 Å². The number of carboxylic acid groups (broad SMARTS) is 1. The molecule has 0 bridgehead atoms. The van der Waals surface area contributed by atoms with Crippen LogP contribution in [0.3, 0.4) is 0 Å². The van der Waals surface area contributed by atoms with Crippen LogP contribution in [0.15, 0.2) is 12.1 Å². The number of hydrogen-bond donors (Lipinski definition) is 1. The van der Waals surface area contributed by atoms with Gasteiger partial charge >= 0.3 is 5.97 Å². The van der Waals surface area contributed by atoms with Crippen LogP contribution >= 0.6 is 15.9 Å². The van der Waals surface area contributed by atoms with E-state index in [0.29, 0.717) is 0 Å². The average Bonchev–Trinajstić information content (AvgIpc) is 2.17. The number of halogens is 2. The molecular weight excluding hydrogens is 253 g/mol. The second-order valence-electron chi connectivity index (χ2n) is 2.51. The summed E-state index contributed by atoms with van der Waals surface area (Å²) in [7, 11) is 0. The Morgan fingerprint density at radius 2 is 2.29 bits per heavy atom. The van der Waals surface area contributed by atoms with Gasteiger partial charge in [-0.2, -0.15) is 5.26 Å². The van der Waals surface area contributed by atoms with Gasteiger partial charge in [0.2, 0.25) is 0 Å². The fraction of sp³-hybridized carbons (Fsp3) is 0.111. The summed E-state index contributed by atoms with van der Waals surface area (Å²) in [5.41, 5.74) is -0.462. The number of carboxylic acids is 1. The highest BCUT2D eigenvalue weighted by molar-refractivity contribution is 9.08. The van der Waals surface area contributed by atoms with Crippen LogP contribution in [0.1, 0.15) is 21.5 Å². The van der Waals surface area contributed by atoms with Gasteiger partial charge in [-0.3, -0.25) is 0 Å². The Labute approximate surface area is 87.9 Å². The van der Waals surface area contributed by atoms with E-state index >= 15 is 0 Å². The molecule has 72 valence electrons. The standard InChI is InChI=1S/C9H5BrFNO2/c10-3-5-1-2-6(9(13)14)7(4-12)8(5)11/h1-2H,3H2,(H,13,14). The third-order valence-corrected chi connectivity index (χ3v) is 2.31. The number of nitriles is 1. The minimum Gasteiger partial charge on any atom is -0.478 e. The number of carbonyl (C=O) groups is 1. The van der Waals surface area contributed by atoms with Gasteiger partial charge < -0.3 is 5.11 Å². The maximum atomic E-state index is 13.4. The number of aromatic carboxylic acids is 1. The highest BCUT2D eigenvalue weighted by Gasteiger charge is 2.16. The maximum absolute atomic E-state index is 13.4. The zero-order valence-corrected chi connectivity index (χ0v) is 8.51. The van der Waals surface area contributed by atoms with Crippen LogP contribution < -0.4 is 0 Å². The Hall–Kier alpha value is -1.41. The van der Waals surface area contributed by atoms with Gasteiger partial charge in [0.25, 0.3) is 0 Å². The molecule has 0 saturated heterocycles. The summed E-state index contributed by atoms with van der Waals surface area (Å²) < 4.78 is 13.4. The summed E-state index contributed by atoms with van der Waals surface area (Å²) in [5, 5.41) is 17.5. The number of rotatable bonds is 2. The molecular formula is C9H5BrFNO2. The summed E-state index contributed by atoms with van der Waals surface area (Å²) in [6.07, 6.45) is 0. The molecule has 0 spiro atoms. The number of alkyl halides is 1. The molecule has 0 saturated carbocycles. The van der Waals surface area contributed by atoms with Crippen molar-refractivity contribution in [2.75, 3.05) is 0 Å². The van der Waals surface area contributed by atoms with Crippen molar-refractivity contribution in [2.45, 2.75) is 5.33 Å². The molecule has 0 aliphatic rings. The third kappa shape index (κ3) is 1.75. The molecule has 0 aromatic heterocycles. The van der Waals surface area contributed by atoms with Crippen molar-refractivity contribution >= 4 is 21.9 Å². The van der Waals surface area contributed by atoms with Crippen LogP contribution in [0.25, 0.3) is 0 Å².